The molecule has 3 rings (SSSR count). The number of nitrogens with one attached hydrogen (secondary N) is 4. The molecule has 7 heteroatoms. The van der Waals surface area contributed by atoms with Crippen LogP contribution < -0.4 is 21.7 Å². The monoisotopic (exact) mass is 337 g/mol. The summed E-state index contributed by atoms with van der Waals surface area (Å²) in [6, 6.07) is 8.42. The number of allylic oxidation sites excluding steroid dienone is 1. The molecule has 7 nitrogen and oxygen atoms in total. The summed E-state index contributed by atoms with van der Waals surface area (Å²) in [5.41, 5.74) is 9.33. The molecule has 6 N–H and O–H groups in total. The Morgan fingerprint density at radius 1 is 1.28 bits per heavy atom. The molecule has 2 aliphatic heterocycles. The number of nitrogens with two attached hydrogens (primary N) is 1. The number of hydrogen-bond acceptors (Lipinski definition) is 5. The van der Waals surface area contributed by atoms with Crippen LogP contribution in [0.5, 0.6) is 0 Å². The third kappa shape index (κ3) is 4.27. The van der Waals surface area contributed by atoms with Gasteiger partial charge in [0, 0.05) is 37.3 Å². The standard InChI is InChI=1S/C18H23N7/c1-13-16(12-25-10-9-23-18(25)24-13)15-5-3-14(4-6-15)11-21-7-2-8-22-17(19)20/h3-6,9-10,12,21H,1-2,7-8,11H2,(H,23,24)(H4,19,20,22). The van der Waals surface area contributed by atoms with Gasteiger partial charge in [-0.15, -0.1) is 0 Å². The van der Waals surface area contributed by atoms with Crippen LogP contribution in [0.4, 0.5) is 0 Å². The van der Waals surface area contributed by atoms with E-state index in [1.54, 1.807) is 0 Å². The van der Waals surface area contributed by atoms with Crippen molar-refractivity contribution in [3.63, 3.8) is 0 Å². The normalized spacial score (nSPS) is 15.4. The van der Waals surface area contributed by atoms with Crippen molar-refractivity contribution in [3.05, 3.63) is 66.3 Å². The average Bonchev–Trinajstić information content (AvgIpc) is 3.05. The van der Waals surface area contributed by atoms with Crippen molar-refractivity contribution in [2.45, 2.75) is 13.0 Å². The molecule has 0 fully saturated rings. The predicted molar refractivity (Wildman–Crippen MR) is 101 cm³/mol. The molecule has 0 radical (unpaired) electrons. The topological polar surface area (TPSA) is 102 Å². The maximum Gasteiger partial charge on any atom is 0.211 e. The number of hydrogen-bond donors (Lipinski definition) is 5. The Kier molecular flexibility index (Phi) is 5.15. The first-order valence-corrected chi connectivity index (χ1v) is 8.23. The van der Waals surface area contributed by atoms with Gasteiger partial charge in [-0.05, 0) is 24.1 Å². The third-order valence-corrected chi connectivity index (χ3v) is 3.95. The van der Waals surface area contributed by atoms with Crippen LogP contribution in [-0.2, 0) is 6.54 Å². The number of fused-ring (bicyclic) bond motifs is 1. The van der Waals surface area contributed by atoms with E-state index in [1.165, 1.54) is 5.56 Å². The number of guanidine groups is 2. The zero-order chi connectivity index (χ0) is 17.6. The molecule has 0 aromatic heterocycles. The highest BCUT2D eigenvalue weighted by atomic mass is 15.3. The van der Waals surface area contributed by atoms with E-state index < -0.39 is 0 Å². The molecule has 0 bridgehead atoms. The molecule has 0 amide bonds. The summed E-state index contributed by atoms with van der Waals surface area (Å²) >= 11 is 0. The molecule has 2 heterocycles. The first-order valence-electron chi connectivity index (χ1n) is 8.23. The van der Waals surface area contributed by atoms with Crippen molar-refractivity contribution >= 4 is 17.5 Å². The van der Waals surface area contributed by atoms with Crippen LogP contribution in [-0.4, -0.2) is 29.9 Å². The van der Waals surface area contributed by atoms with Gasteiger partial charge in [-0.25, -0.2) is 4.99 Å². The van der Waals surface area contributed by atoms with E-state index >= 15 is 0 Å². The largest absolute Gasteiger partial charge is 0.370 e. The average molecular weight is 337 g/mol. The zero-order valence-corrected chi connectivity index (χ0v) is 14.0. The number of benzene rings is 1. The summed E-state index contributed by atoms with van der Waals surface area (Å²) in [5, 5.41) is 16.3. The van der Waals surface area contributed by atoms with E-state index in [0.717, 1.165) is 42.3 Å². The molecule has 2 aliphatic rings. The second-order valence-electron chi connectivity index (χ2n) is 5.86. The van der Waals surface area contributed by atoms with Gasteiger partial charge in [-0.2, -0.15) is 0 Å². The van der Waals surface area contributed by atoms with Crippen molar-refractivity contribution in [1.29, 1.82) is 5.41 Å². The highest BCUT2D eigenvalue weighted by molar-refractivity contribution is 5.94. The lowest BCUT2D eigenvalue weighted by molar-refractivity contribution is 0.639. The number of aliphatic imine (C=N–C) groups is 1. The van der Waals surface area contributed by atoms with Crippen molar-refractivity contribution in [2.24, 2.45) is 10.7 Å². The van der Waals surface area contributed by atoms with Gasteiger partial charge >= 0.3 is 0 Å². The van der Waals surface area contributed by atoms with E-state index in [1.807, 2.05) is 23.5 Å². The van der Waals surface area contributed by atoms with Gasteiger partial charge in [0.1, 0.15) is 0 Å². The van der Waals surface area contributed by atoms with Crippen LogP contribution in [0.1, 0.15) is 17.5 Å². The van der Waals surface area contributed by atoms with Crippen LogP contribution in [0.3, 0.4) is 0 Å². The summed E-state index contributed by atoms with van der Waals surface area (Å²) in [6.07, 6.45) is 6.75. The van der Waals surface area contributed by atoms with E-state index in [2.05, 4.69) is 51.8 Å². The number of nitrogens with zero attached hydrogens (tertiary/aromatic N) is 2. The summed E-state index contributed by atoms with van der Waals surface area (Å²) in [5.74, 6) is 0.805. The second kappa shape index (κ2) is 7.67. The van der Waals surface area contributed by atoms with E-state index in [4.69, 9.17) is 11.1 Å². The second-order valence-corrected chi connectivity index (χ2v) is 5.86. The molecule has 25 heavy (non-hydrogen) atoms. The minimum Gasteiger partial charge on any atom is -0.370 e. The highest BCUT2D eigenvalue weighted by Crippen LogP contribution is 2.28. The minimum absolute atomic E-state index is 0.0193. The maximum absolute atomic E-state index is 7.08. The van der Waals surface area contributed by atoms with Crippen molar-refractivity contribution < 1.29 is 0 Å². The highest BCUT2D eigenvalue weighted by Gasteiger charge is 2.19. The quantitative estimate of drug-likeness (QED) is 0.293. The smallest absolute Gasteiger partial charge is 0.211 e. The molecule has 0 spiro atoms. The first kappa shape index (κ1) is 16.8. The molecular formula is C18H23N7. The van der Waals surface area contributed by atoms with Crippen LogP contribution in [0.25, 0.3) is 5.57 Å². The van der Waals surface area contributed by atoms with Crippen LogP contribution in [0, 0.1) is 5.41 Å². The summed E-state index contributed by atoms with van der Waals surface area (Å²) in [6.45, 7) is 6.44. The lowest BCUT2D eigenvalue weighted by atomic mass is 10.0. The molecule has 0 aliphatic carbocycles. The van der Waals surface area contributed by atoms with Crippen molar-refractivity contribution in [3.8, 4) is 0 Å². The molecule has 130 valence electrons. The Balaban J connectivity index is 1.52. The van der Waals surface area contributed by atoms with Gasteiger partial charge in [0.2, 0.25) is 5.96 Å². The van der Waals surface area contributed by atoms with Gasteiger partial charge in [-0.3, -0.25) is 10.3 Å². The van der Waals surface area contributed by atoms with Gasteiger partial charge < -0.3 is 21.7 Å². The van der Waals surface area contributed by atoms with E-state index in [-0.39, 0.29) is 5.96 Å². The maximum atomic E-state index is 7.08. The van der Waals surface area contributed by atoms with Crippen LogP contribution in [0.2, 0.25) is 0 Å². The molecule has 0 unspecified atom stereocenters. The van der Waals surface area contributed by atoms with Gasteiger partial charge in [0.25, 0.3) is 0 Å². The van der Waals surface area contributed by atoms with Crippen molar-refractivity contribution in [1.82, 2.24) is 20.9 Å². The van der Waals surface area contributed by atoms with E-state index in [9.17, 15) is 0 Å². The molecule has 1 aromatic carbocycles. The minimum atomic E-state index is 0.0193. The Morgan fingerprint density at radius 3 is 2.84 bits per heavy atom. The van der Waals surface area contributed by atoms with E-state index in [0.29, 0.717) is 6.54 Å². The lowest BCUT2D eigenvalue weighted by Gasteiger charge is -2.21. The van der Waals surface area contributed by atoms with Gasteiger partial charge in [-0.1, -0.05) is 30.8 Å². The molecule has 0 atom stereocenters. The fourth-order valence-corrected chi connectivity index (χ4v) is 2.65. The Morgan fingerprint density at radius 2 is 2.08 bits per heavy atom. The SMILES string of the molecule is C=C1N=C2NC=CN2C=C1c1ccc(CNCCCNC(=N)N)cc1. The zero-order valence-electron chi connectivity index (χ0n) is 14.0. The molecule has 1 aromatic rings. The lowest BCUT2D eigenvalue weighted by Crippen LogP contribution is -2.32. The molecular weight excluding hydrogens is 314 g/mol. The first-order chi connectivity index (χ1) is 12.1. The van der Waals surface area contributed by atoms with Gasteiger partial charge in [0.05, 0.1) is 5.70 Å². The fraction of sp³-hybridized carbons (Fsp3) is 0.222. The summed E-state index contributed by atoms with van der Waals surface area (Å²) in [7, 11) is 0. The Labute approximate surface area is 147 Å². The molecule has 0 saturated heterocycles. The Hall–Kier alpha value is -3.06. The third-order valence-electron chi connectivity index (χ3n) is 3.95. The number of rotatable bonds is 7. The molecule has 0 saturated carbocycles. The van der Waals surface area contributed by atoms with Crippen molar-refractivity contribution in [2.75, 3.05) is 13.1 Å². The summed E-state index contributed by atoms with van der Waals surface area (Å²) in [4.78, 5) is 6.43. The predicted octanol–water partition coefficient (Wildman–Crippen LogP) is 1.25. The Bertz CT molecular complexity index is 743. The van der Waals surface area contributed by atoms with Crippen LogP contribution in [0.15, 0.2) is 60.1 Å². The summed E-state index contributed by atoms with van der Waals surface area (Å²) < 4.78 is 0. The fourth-order valence-electron chi connectivity index (χ4n) is 2.65. The van der Waals surface area contributed by atoms with Gasteiger partial charge in [0.15, 0.2) is 5.96 Å². The van der Waals surface area contributed by atoms with Crippen LogP contribution >= 0.6 is 0 Å².